The summed E-state index contributed by atoms with van der Waals surface area (Å²) in [6, 6.07) is 74.5. The van der Waals surface area contributed by atoms with Gasteiger partial charge in [0.15, 0.2) is 0 Å². The second-order valence-corrected chi connectivity index (χ2v) is 14.5. The van der Waals surface area contributed by atoms with E-state index in [1.807, 2.05) is 11.3 Å². The topological polar surface area (TPSA) is 6.48 Å². The quantitative estimate of drug-likeness (QED) is 0.153. The van der Waals surface area contributed by atoms with Crippen LogP contribution >= 0.6 is 11.3 Å². The summed E-state index contributed by atoms with van der Waals surface area (Å²) in [6.07, 6.45) is 0. The lowest BCUT2D eigenvalue weighted by atomic mass is 9.99. The molecule has 0 aliphatic carbocycles. The van der Waals surface area contributed by atoms with E-state index in [2.05, 4.69) is 216 Å². The molecular formula is C50H34N2S. The number of thiophene rings is 1. The maximum absolute atomic E-state index is 2.39. The van der Waals surface area contributed by atoms with Gasteiger partial charge < -0.3 is 9.80 Å². The van der Waals surface area contributed by atoms with Gasteiger partial charge in [0.05, 0.1) is 0 Å². The SMILES string of the molecule is c1ccc(-c2ccc(N(c3ccc(N(c4ccccc4)c4ccccc4)cc3)c3ccc4c(ccc5cc6c(cc54)sc4ccccc46)c3)cc2)cc1. The normalized spacial score (nSPS) is 11.4. The Labute approximate surface area is 313 Å². The number of hydrogen-bond acceptors (Lipinski definition) is 3. The molecule has 0 spiro atoms. The smallest absolute Gasteiger partial charge is 0.0468 e. The van der Waals surface area contributed by atoms with Gasteiger partial charge in [-0.05, 0) is 124 Å². The Hall–Kier alpha value is -6.68. The number of anilines is 6. The Morgan fingerprint density at radius 3 is 1.38 bits per heavy atom. The largest absolute Gasteiger partial charge is 0.311 e. The van der Waals surface area contributed by atoms with E-state index in [1.165, 1.54) is 52.8 Å². The van der Waals surface area contributed by atoms with Crippen LogP contribution in [-0.4, -0.2) is 0 Å². The van der Waals surface area contributed by atoms with Gasteiger partial charge in [0.1, 0.15) is 0 Å². The van der Waals surface area contributed by atoms with Gasteiger partial charge in [-0.2, -0.15) is 0 Å². The Balaban J connectivity index is 1.09. The first-order chi connectivity index (χ1) is 26.3. The fraction of sp³-hybridized carbons (Fsp3) is 0. The zero-order valence-electron chi connectivity index (χ0n) is 28.9. The molecule has 1 heterocycles. The van der Waals surface area contributed by atoms with Crippen LogP contribution in [-0.2, 0) is 0 Å². The highest BCUT2D eigenvalue weighted by Gasteiger charge is 2.17. The summed E-state index contributed by atoms with van der Waals surface area (Å²) in [5.41, 5.74) is 9.06. The van der Waals surface area contributed by atoms with Crippen LogP contribution in [0.5, 0.6) is 0 Å². The Bertz CT molecular complexity index is 2820. The minimum Gasteiger partial charge on any atom is -0.311 e. The summed E-state index contributed by atoms with van der Waals surface area (Å²) in [5.74, 6) is 0. The van der Waals surface area contributed by atoms with Crippen LogP contribution in [0.1, 0.15) is 0 Å². The molecule has 0 unspecified atom stereocenters. The molecule has 0 fully saturated rings. The van der Waals surface area contributed by atoms with Gasteiger partial charge in [-0.25, -0.2) is 0 Å². The number of benzene rings is 9. The molecule has 0 bridgehead atoms. The molecule has 0 aliphatic rings. The fourth-order valence-corrected chi connectivity index (χ4v) is 8.77. The maximum atomic E-state index is 2.39. The van der Waals surface area contributed by atoms with Crippen LogP contribution in [0, 0.1) is 0 Å². The molecular weight excluding hydrogens is 661 g/mol. The molecule has 0 saturated heterocycles. The van der Waals surface area contributed by atoms with Crippen molar-refractivity contribution in [1.29, 1.82) is 0 Å². The molecule has 1 aromatic heterocycles. The number of rotatable bonds is 7. The maximum Gasteiger partial charge on any atom is 0.0468 e. The van der Waals surface area contributed by atoms with Crippen molar-refractivity contribution < 1.29 is 0 Å². The van der Waals surface area contributed by atoms with E-state index in [-0.39, 0.29) is 0 Å². The number of nitrogens with zero attached hydrogens (tertiary/aromatic N) is 2. The van der Waals surface area contributed by atoms with Crippen LogP contribution in [0.15, 0.2) is 206 Å². The highest BCUT2D eigenvalue weighted by molar-refractivity contribution is 7.25. The Morgan fingerprint density at radius 2 is 0.736 bits per heavy atom. The first-order valence-electron chi connectivity index (χ1n) is 18.0. The van der Waals surface area contributed by atoms with Crippen LogP contribution < -0.4 is 9.80 Å². The van der Waals surface area contributed by atoms with Crippen molar-refractivity contribution in [2.24, 2.45) is 0 Å². The molecule has 10 aromatic rings. The average molecular weight is 695 g/mol. The van der Waals surface area contributed by atoms with Crippen molar-refractivity contribution in [3.63, 3.8) is 0 Å². The van der Waals surface area contributed by atoms with E-state index in [9.17, 15) is 0 Å². The van der Waals surface area contributed by atoms with E-state index >= 15 is 0 Å². The molecule has 0 saturated carbocycles. The van der Waals surface area contributed by atoms with Crippen LogP contribution in [0.4, 0.5) is 34.1 Å². The first-order valence-corrected chi connectivity index (χ1v) is 18.8. The lowest BCUT2D eigenvalue weighted by Gasteiger charge is -2.28. The van der Waals surface area contributed by atoms with Gasteiger partial charge in [0, 0.05) is 54.3 Å². The van der Waals surface area contributed by atoms with Gasteiger partial charge in [-0.3, -0.25) is 0 Å². The van der Waals surface area contributed by atoms with Crippen molar-refractivity contribution in [1.82, 2.24) is 0 Å². The zero-order valence-corrected chi connectivity index (χ0v) is 29.7. The summed E-state index contributed by atoms with van der Waals surface area (Å²) < 4.78 is 2.66. The van der Waals surface area contributed by atoms with E-state index in [1.54, 1.807) is 0 Å². The Kier molecular flexibility index (Phi) is 7.71. The van der Waals surface area contributed by atoms with Crippen molar-refractivity contribution in [2.45, 2.75) is 0 Å². The highest BCUT2D eigenvalue weighted by Crippen LogP contribution is 2.42. The second-order valence-electron chi connectivity index (χ2n) is 13.4. The summed E-state index contributed by atoms with van der Waals surface area (Å²) >= 11 is 1.88. The van der Waals surface area contributed by atoms with E-state index in [0.717, 1.165) is 34.1 Å². The third-order valence-corrected chi connectivity index (χ3v) is 11.3. The van der Waals surface area contributed by atoms with Gasteiger partial charge >= 0.3 is 0 Å². The molecule has 3 heteroatoms. The van der Waals surface area contributed by atoms with Crippen molar-refractivity contribution in [3.05, 3.63) is 206 Å². The molecule has 0 radical (unpaired) electrons. The third-order valence-electron chi connectivity index (χ3n) is 10.2. The monoisotopic (exact) mass is 694 g/mol. The average Bonchev–Trinajstić information content (AvgIpc) is 3.59. The number of fused-ring (bicyclic) bond motifs is 6. The molecule has 0 amide bonds. The van der Waals surface area contributed by atoms with Crippen molar-refractivity contribution >= 4 is 87.2 Å². The lowest BCUT2D eigenvalue weighted by Crippen LogP contribution is -2.12. The fourth-order valence-electron chi connectivity index (χ4n) is 7.64. The zero-order chi connectivity index (χ0) is 35.1. The van der Waals surface area contributed by atoms with Crippen LogP contribution in [0.25, 0.3) is 52.8 Å². The molecule has 10 rings (SSSR count). The minimum absolute atomic E-state index is 1.09. The van der Waals surface area contributed by atoms with Crippen molar-refractivity contribution in [3.8, 4) is 11.1 Å². The summed E-state index contributed by atoms with van der Waals surface area (Å²) in [4.78, 5) is 4.67. The molecule has 250 valence electrons. The summed E-state index contributed by atoms with van der Waals surface area (Å²) in [6.45, 7) is 0. The molecule has 53 heavy (non-hydrogen) atoms. The molecule has 0 aliphatic heterocycles. The molecule has 0 N–H and O–H groups in total. The van der Waals surface area contributed by atoms with Gasteiger partial charge in [0.2, 0.25) is 0 Å². The Morgan fingerprint density at radius 1 is 0.264 bits per heavy atom. The molecule has 9 aromatic carbocycles. The standard InChI is InChI=1S/C50H34N2S/c1-4-12-35(13-5-1)36-22-24-41(25-23-36)52(43-28-26-42(27-29-43)51(39-14-6-2-7-15-39)40-16-8-3-9-17-40)44-30-31-45-37(32-44)20-21-38-33-48-46-18-10-11-19-49(46)53-50(48)34-47(38)45/h1-34H. The van der Waals surface area contributed by atoms with Gasteiger partial charge in [0.25, 0.3) is 0 Å². The molecule has 0 atom stereocenters. The predicted molar refractivity (Wildman–Crippen MR) is 229 cm³/mol. The van der Waals surface area contributed by atoms with Gasteiger partial charge in [-0.15, -0.1) is 11.3 Å². The molecule has 2 nitrogen and oxygen atoms in total. The second kappa shape index (κ2) is 13.1. The first kappa shape index (κ1) is 31.1. The van der Waals surface area contributed by atoms with Crippen LogP contribution in [0.2, 0.25) is 0 Å². The van der Waals surface area contributed by atoms with Crippen molar-refractivity contribution in [2.75, 3.05) is 9.80 Å². The highest BCUT2D eigenvalue weighted by atomic mass is 32.1. The number of hydrogen-bond donors (Lipinski definition) is 0. The van der Waals surface area contributed by atoms with E-state index in [0.29, 0.717) is 0 Å². The van der Waals surface area contributed by atoms with E-state index in [4.69, 9.17) is 0 Å². The van der Waals surface area contributed by atoms with Crippen LogP contribution in [0.3, 0.4) is 0 Å². The van der Waals surface area contributed by atoms with Gasteiger partial charge in [-0.1, -0.05) is 115 Å². The summed E-state index contributed by atoms with van der Waals surface area (Å²) in [7, 11) is 0. The predicted octanol–water partition coefficient (Wildman–Crippen LogP) is 15.0. The third kappa shape index (κ3) is 5.68. The number of para-hydroxylation sites is 2. The minimum atomic E-state index is 1.09. The van der Waals surface area contributed by atoms with E-state index < -0.39 is 0 Å². The summed E-state index contributed by atoms with van der Waals surface area (Å²) in [5, 5.41) is 7.71. The lowest BCUT2D eigenvalue weighted by molar-refractivity contribution is 1.26.